The number of nitrogens with two attached hydrogens (primary N) is 1. The van der Waals surface area contributed by atoms with Crippen LogP contribution >= 0.6 is 11.6 Å². The molecule has 2 amide bonds. The van der Waals surface area contributed by atoms with E-state index >= 15 is 0 Å². The lowest BCUT2D eigenvalue weighted by Crippen LogP contribution is -2.31. The van der Waals surface area contributed by atoms with Gasteiger partial charge in [-0.05, 0) is 49.1 Å². The van der Waals surface area contributed by atoms with Gasteiger partial charge in [0, 0.05) is 16.8 Å². The third-order valence-electron chi connectivity index (χ3n) is 3.87. The lowest BCUT2D eigenvalue weighted by atomic mass is 9.93. The molecule has 3 N–H and O–H groups in total. The number of rotatable bonds is 4. The number of hydrogen-bond acceptors (Lipinski definition) is 3. The fraction of sp³-hybridized carbons (Fsp3) is 0.312. The highest BCUT2D eigenvalue weighted by Gasteiger charge is 2.25. The van der Waals surface area contributed by atoms with Crippen LogP contribution in [0.3, 0.4) is 0 Å². The van der Waals surface area contributed by atoms with Crippen LogP contribution in [0.4, 0.5) is 0 Å². The molecular formula is C16H17ClN4O2. The first-order valence-corrected chi connectivity index (χ1v) is 7.81. The maximum absolute atomic E-state index is 12.4. The zero-order valence-corrected chi connectivity index (χ0v) is 13.2. The fourth-order valence-electron chi connectivity index (χ4n) is 2.82. The third kappa shape index (κ3) is 3.53. The molecule has 0 aliphatic heterocycles. The van der Waals surface area contributed by atoms with Crippen LogP contribution in [-0.2, 0) is 17.8 Å². The molecule has 0 fully saturated rings. The minimum atomic E-state index is -0.438. The lowest BCUT2D eigenvalue weighted by molar-refractivity contribution is -0.118. The Labute approximate surface area is 138 Å². The summed E-state index contributed by atoms with van der Waals surface area (Å²) < 4.78 is 1.54. The summed E-state index contributed by atoms with van der Waals surface area (Å²) >= 11 is 5.84. The molecule has 1 aliphatic carbocycles. The summed E-state index contributed by atoms with van der Waals surface area (Å²) in [4.78, 5) is 23.4. The summed E-state index contributed by atoms with van der Waals surface area (Å²) in [6, 6.07) is 6.59. The molecule has 0 spiro atoms. The highest BCUT2D eigenvalue weighted by molar-refractivity contribution is 6.30. The first kappa shape index (κ1) is 15.6. The van der Waals surface area contributed by atoms with Gasteiger partial charge in [-0.2, -0.15) is 5.10 Å². The van der Waals surface area contributed by atoms with E-state index in [0.29, 0.717) is 10.6 Å². The predicted molar refractivity (Wildman–Crippen MR) is 86.0 cm³/mol. The quantitative estimate of drug-likeness (QED) is 0.895. The number of primary amides is 1. The number of halogens is 1. The number of carbonyl (C=O) groups is 2. The summed E-state index contributed by atoms with van der Waals surface area (Å²) in [5, 5.41) is 8.01. The molecule has 0 saturated heterocycles. The second-order valence-corrected chi connectivity index (χ2v) is 6.07. The smallest absolute Gasteiger partial charge is 0.251 e. The summed E-state index contributed by atoms with van der Waals surface area (Å²) in [5.74, 6) is -0.601. The van der Waals surface area contributed by atoms with Gasteiger partial charge in [-0.25, -0.2) is 0 Å². The number of nitrogens with zero attached hydrogens (tertiary/aromatic N) is 2. The van der Waals surface area contributed by atoms with Crippen LogP contribution in [0.2, 0.25) is 5.02 Å². The monoisotopic (exact) mass is 332 g/mol. The van der Waals surface area contributed by atoms with E-state index in [2.05, 4.69) is 10.4 Å². The summed E-state index contributed by atoms with van der Waals surface area (Å²) in [7, 11) is 0. The van der Waals surface area contributed by atoms with Crippen molar-refractivity contribution in [2.75, 3.05) is 0 Å². The van der Waals surface area contributed by atoms with Gasteiger partial charge in [0.1, 0.15) is 6.54 Å². The Morgan fingerprint density at radius 1 is 1.35 bits per heavy atom. The first-order valence-electron chi connectivity index (χ1n) is 7.44. The van der Waals surface area contributed by atoms with E-state index in [0.717, 1.165) is 30.5 Å². The second-order valence-electron chi connectivity index (χ2n) is 5.63. The average molecular weight is 333 g/mol. The maximum Gasteiger partial charge on any atom is 0.251 e. The van der Waals surface area contributed by atoms with Crippen LogP contribution in [0.5, 0.6) is 0 Å². The molecule has 1 heterocycles. The van der Waals surface area contributed by atoms with Crippen molar-refractivity contribution in [3.8, 4) is 0 Å². The predicted octanol–water partition coefficient (Wildman–Crippen LogP) is 1.83. The number of amides is 2. The molecule has 0 bridgehead atoms. The van der Waals surface area contributed by atoms with Crippen molar-refractivity contribution >= 4 is 23.4 Å². The van der Waals surface area contributed by atoms with E-state index in [1.165, 1.54) is 0 Å². The molecule has 0 unspecified atom stereocenters. The van der Waals surface area contributed by atoms with Gasteiger partial charge in [0.05, 0.1) is 11.7 Å². The summed E-state index contributed by atoms with van der Waals surface area (Å²) in [6.45, 7) is 0.0465. The Balaban J connectivity index is 1.77. The minimum absolute atomic E-state index is 0.0465. The molecule has 0 saturated carbocycles. The second kappa shape index (κ2) is 6.42. The average Bonchev–Trinajstić information content (AvgIpc) is 2.90. The van der Waals surface area contributed by atoms with E-state index < -0.39 is 5.91 Å². The molecule has 1 aromatic heterocycles. The van der Waals surface area contributed by atoms with Crippen molar-refractivity contribution in [1.82, 2.24) is 15.1 Å². The Hall–Kier alpha value is -2.34. The Kier molecular flexibility index (Phi) is 4.34. The SMILES string of the molecule is NC(=O)Cn1cc2c(n1)[C@@H](NC(=O)c1ccc(Cl)cc1)CCC2. The van der Waals surface area contributed by atoms with Gasteiger partial charge in [0.2, 0.25) is 5.91 Å². The van der Waals surface area contributed by atoms with Crippen molar-refractivity contribution < 1.29 is 9.59 Å². The number of nitrogens with one attached hydrogen (secondary N) is 1. The molecule has 120 valence electrons. The molecule has 2 aromatic rings. The van der Waals surface area contributed by atoms with Crippen LogP contribution in [-0.4, -0.2) is 21.6 Å². The van der Waals surface area contributed by atoms with Crippen LogP contribution in [0.25, 0.3) is 0 Å². The number of hydrogen-bond donors (Lipinski definition) is 2. The van der Waals surface area contributed by atoms with E-state index in [4.69, 9.17) is 17.3 Å². The van der Waals surface area contributed by atoms with Crippen LogP contribution in [0.1, 0.15) is 40.5 Å². The van der Waals surface area contributed by atoms with Gasteiger partial charge in [0.15, 0.2) is 0 Å². The van der Waals surface area contributed by atoms with E-state index in [1.54, 1.807) is 28.9 Å². The van der Waals surface area contributed by atoms with Crippen molar-refractivity contribution in [1.29, 1.82) is 0 Å². The number of aryl methyl sites for hydroxylation is 1. The Morgan fingerprint density at radius 3 is 2.78 bits per heavy atom. The molecular weight excluding hydrogens is 316 g/mol. The molecule has 0 radical (unpaired) electrons. The van der Waals surface area contributed by atoms with Gasteiger partial charge < -0.3 is 11.1 Å². The van der Waals surface area contributed by atoms with Crippen molar-refractivity contribution in [2.24, 2.45) is 5.73 Å². The molecule has 23 heavy (non-hydrogen) atoms. The van der Waals surface area contributed by atoms with E-state index in [-0.39, 0.29) is 18.5 Å². The standard InChI is InChI=1S/C16H17ClN4O2/c17-12-6-4-10(5-7-12)16(23)19-13-3-1-2-11-8-21(9-14(18)22)20-15(11)13/h4-8,13H,1-3,9H2,(H2,18,22)(H,19,23)/t13-/m0/s1. The number of benzene rings is 1. The molecule has 1 aromatic carbocycles. The van der Waals surface area contributed by atoms with Crippen LogP contribution in [0.15, 0.2) is 30.5 Å². The highest BCUT2D eigenvalue weighted by Crippen LogP contribution is 2.28. The van der Waals surface area contributed by atoms with Crippen LogP contribution < -0.4 is 11.1 Å². The third-order valence-corrected chi connectivity index (χ3v) is 4.12. The topological polar surface area (TPSA) is 90.0 Å². The Morgan fingerprint density at radius 2 is 2.09 bits per heavy atom. The van der Waals surface area contributed by atoms with Gasteiger partial charge in [0.25, 0.3) is 5.91 Å². The highest BCUT2D eigenvalue weighted by atomic mass is 35.5. The van der Waals surface area contributed by atoms with E-state index in [9.17, 15) is 9.59 Å². The fourth-order valence-corrected chi connectivity index (χ4v) is 2.95. The molecule has 1 atom stereocenters. The molecule has 7 heteroatoms. The zero-order chi connectivity index (χ0) is 16.4. The van der Waals surface area contributed by atoms with Gasteiger partial charge >= 0.3 is 0 Å². The lowest BCUT2D eigenvalue weighted by Gasteiger charge is -2.22. The molecule has 6 nitrogen and oxygen atoms in total. The number of fused-ring (bicyclic) bond motifs is 1. The van der Waals surface area contributed by atoms with Gasteiger partial charge in [-0.1, -0.05) is 11.6 Å². The molecule has 3 rings (SSSR count). The summed E-state index contributed by atoms with van der Waals surface area (Å²) in [5.41, 5.74) is 7.63. The van der Waals surface area contributed by atoms with Crippen molar-refractivity contribution in [2.45, 2.75) is 31.8 Å². The van der Waals surface area contributed by atoms with Crippen molar-refractivity contribution in [3.63, 3.8) is 0 Å². The van der Waals surface area contributed by atoms with Gasteiger partial charge in [-0.15, -0.1) is 0 Å². The van der Waals surface area contributed by atoms with E-state index in [1.807, 2.05) is 6.20 Å². The summed E-state index contributed by atoms with van der Waals surface area (Å²) in [6.07, 6.45) is 4.50. The largest absolute Gasteiger partial charge is 0.368 e. The first-order chi connectivity index (χ1) is 11.0. The maximum atomic E-state index is 12.4. The minimum Gasteiger partial charge on any atom is -0.368 e. The van der Waals surface area contributed by atoms with Gasteiger partial charge in [-0.3, -0.25) is 14.3 Å². The number of carbonyl (C=O) groups excluding carboxylic acids is 2. The number of aromatic nitrogens is 2. The Bertz CT molecular complexity index is 739. The van der Waals surface area contributed by atoms with Crippen LogP contribution in [0, 0.1) is 0 Å². The normalized spacial score (nSPS) is 16.7. The molecule has 1 aliphatic rings. The zero-order valence-electron chi connectivity index (χ0n) is 12.5. The van der Waals surface area contributed by atoms with Crippen molar-refractivity contribution in [3.05, 3.63) is 52.3 Å².